The second kappa shape index (κ2) is 9.70. The van der Waals surface area contributed by atoms with Crippen LogP contribution in [-0.2, 0) is 25.9 Å². The molecule has 0 atom stereocenters. The van der Waals surface area contributed by atoms with Gasteiger partial charge in [-0.25, -0.2) is 4.79 Å². The van der Waals surface area contributed by atoms with Gasteiger partial charge in [-0.1, -0.05) is 37.3 Å². The lowest BCUT2D eigenvalue weighted by atomic mass is 10.1. The molecule has 0 amide bonds. The SMILES string of the molecule is CCCn1c(O)c(CCCc2ccc(OC)cc2)n(Cc2ccc(C)c(C)c2)c1=O. The Balaban J connectivity index is 1.83. The molecule has 0 saturated carbocycles. The molecule has 1 aromatic heterocycles. The highest BCUT2D eigenvalue weighted by Gasteiger charge is 2.19. The van der Waals surface area contributed by atoms with Crippen molar-refractivity contribution in [2.45, 2.75) is 59.5 Å². The summed E-state index contributed by atoms with van der Waals surface area (Å²) in [4.78, 5) is 13.0. The zero-order chi connectivity index (χ0) is 21.7. The van der Waals surface area contributed by atoms with Gasteiger partial charge in [0.15, 0.2) is 0 Å². The molecular formula is C25H32N2O3. The lowest BCUT2D eigenvalue weighted by Crippen LogP contribution is -2.25. The van der Waals surface area contributed by atoms with E-state index in [2.05, 4.69) is 44.2 Å². The number of rotatable bonds is 9. The van der Waals surface area contributed by atoms with Crippen molar-refractivity contribution >= 4 is 0 Å². The van der Waals surface area contributed by atoms with Gasteiger partial charge in [-0.2, -0.15) is 0 Å². The van der Waals surface area contributed by atoms with E-state index in [4.69, 9.17) is 4.74 Å². The molecule has 0 aliphatic carbocycles. The molecule has 0 aliphatic heterocycles. The molecule has 5 heteroatoms. The Morgan fingerprint density at radius 2 is 1.63 bits per heavy atom. The Kier molecular flexibility index (Phi) is 7.03. The van der Waals surface area contributed by atoms with Crippen LogP contribution in [0.1, 0.15) is 47.7 Å². The Bertz CT molecular complexity index is 1050. The standard InChI is InChI=1S/C25H32N2O3/c1-5-15-26-24(28)23(8-6-7-20-11-13-22(30-4)14-12-20)27(25(26)29)17-21-10-9-18(2)19(3)16-21/h9-14,16,28H,5-8,15,17H2,1-4H3. The van der Waals surface area contributed by atoms with Gasteiger partial charge in [-0.15, -0.1) is 0 Å². The topological polar surface area (TPSA) is 56.4 Å². The van der Waals surface area contributed by atoms with Gasteiger partial charge in [0.2, 0.25) is 5.88 Å². The summed E-state index contributed by atoms with van der Waals surface area (Å²) in [6, 6.07) is 14.3. The fourth-order valence-corrected chi connectivity index (χ4v) is 3.80. The third kappa shape index (κ3) is 4.78. The van der Waals surface area contributed by atoms with E-state index in [0.29, 0.717) is 19.5 Å². The molecule has 2 aromatic carbocycles. The van der Waals surface area contributed by atoms with Crippen LogP contribution in [0.3, 0.4) is 0 Å². The lowest BCUT2D eigenvalue weighted by Gasteiger charge is -2.10. The van der Waals surface area contributed by atoms with E-state index in [9.17, 15) is 9.90 Å². The number of methoxy groups -OCH3 is 1. The predicted molar refractivity (Wildman–Crippen MR) is 121 cm³/mol. The molecule has 1 N–H and O–H groups in total. The zero-order valence-electron chi connectivity index (χ0n) is 18.4. The number of nitrogens with zero attached hydrogens (tertiary/aromatic N) is 2. The van der Waals surface area contributed by atoms with Crippen LogP contribution in [0.5, 0.6) is 11.6 Å². The van der Waals surface area contributed by atoms with Crippen molar-refractivity contribution in [1.82, 2.24) is 9.13 Å². The van der Waals surface area contributed by atoms with Gasteiger partial charge in [0.1, 0.15) is 5.75 Å². The molecule has 0 fully saturated rings. The molecule has 0 radical (unpaired) electrons. The number of aromatic hydroxyl groups is 1. The predicted octanol–water partition coefficient (Wildman–Crippen LogP) is 4.61. The normalized spacial score (nSPS) is 11.1. The summed E-state index contributed by atoms with van der Waals surface area (Å²) in [5.74, 6) is 0.954. The molecule has 0 bridgehead atoms. The molecule has 30 heavy (non-hydrogen) atoms. The fourth-order valence-electron chi connectivity index (χ4n) is 3.80. The maximum absolute atomic E-state index is 13.0. The number of aromatic nitrogens is 2. The summed E-state index contributed by atoms with van der Waals surface area (Å²) >= 11 is 0. The van der Waals surface area contributed by atoms with E-state index >= 15 is 0 Å². The summed E-state index contributed by atoms with van der Waals surface area (Å²) in [6.07, 6.45) is 3.17. The quantitative estimate of drug-likeness (QED) is 0.562. The third-order valence-electron chi connectivity index (χ3n) is 5.70. The van der Waals surface area contributed by atoms with E-state index in [-0.39, 0.29) is 11.6 Å². The maximum atomic E-state index is 13.0. The minimum absolute atomic E-state index is 0.111. The smallest absolute Gasteiger partial charge is 0.331 e. The average molecular weight is 409 g/mol. The monoisotopic (exact) mass is 408 g/mol. The van der Waals surface area contributed by atoms with Crippen LogP contribution < -0.4 is 10.4 Å². The zero-order valence-corrected chi connectivity index (χ0v) is 18.4. The number of imidazole rings is 1. The second-order valence-corrected chi connectivity index (χ2v) is 7.91. The van der Waals surface area contributed by atoms with Crippen LogP contribution in [0.25, 0.3) is 0 Å². The van der Waals surface area contributed by atoms with Crippen molar-refractivity contribution in [3.05, 3.63) is 80.9 Å². The molecule has 0 aliphatic rings. The van der Waals surface area contributed by atoms with Gasteiger partial charge in [-0.3, -0.25) is 9.13 Å². The number of ether oxygens (including phenoxy) is 1. The van der Waals surface area contributed by atoms with Crippen molar-refractivity contribution in [1.29, 1.82) is 0 Å². The van der Waals surface area contributed by atoms with Crippen LogP contribution >= 0.6 is 0 Å². The van der Waals surface area contributed by atoms with Crippen LogP contribution in [-0.4, -0.2) is 21.4 Å². The maximum Gasteiger partial charge on any atom is 0.331 e. The van der Waals surface area contributed by atoms with Crippen molar-refractivity contribution < 1.29 is 9.84 Å². The number of benzene rings is 2. The molecule has 3 rings (SSSR count). The third-order valence-corrected chi connectivity index (χ3v) is 5.70. The van der Waals surface area contributed by atoms with Crippen molar-refractivity contribution in [2.75, 3.05) is 7.11 Å². The van der Waals surface area contributed by atoms with E-state index in [1.165, 1.54) is 21.3 Å². The average Bonchev–Trinajstić information content (AvgIpc) is 2.96. The van der Waals surface area contributed by atoms with E-state index in [1.54, 1.807) is 11.7 Å². The second-order valence-electron chi connectivity index (χ2n) is 7.91. The van der Waals surface area contributed by atoms with E-state index in [1.807, 2.05) is 19.1 Å². The highest BCUT2D eigenvalue weighted by atomic mass is 16.5. The molecule has 0 spiro atoms. The van der Waals surface area contributed by atoms with Crippen LogP contribution in [0.4, 0.5) is 0 Å². The van der Waals surface area contributed by atoms with E-state index in [0.717, 1.165) is 36.3 Å². The minimum Gasteiger partial charge on any atom is -0.497 e. The Morgan fingerprint density at radius 1 is 0.933 bits per heavy atom. The Morgan fingerprint density at radius 3 is 2.27 bits per heavy atom. The summed E-state index contributed by atoms with van der Waals surface area (Å²) in [5, 5.41) is 10.8. The van der Waals surface area contributed by atoms with Gasteiger partial charge in [0.05, 0.1) is 19.3 Å². The van der Waals surface area contributed by atoms with Crippen molar-refractivity contribution in [3.8, 4) is 11.6 Å². The van der Waals surface area contributed by atoms with Crippen LogP contribution in [0, 0.1) is 13.8 Å². The van der Waals surface area contributed by atoms with Gasteiger partial charge in [-0.05, 0) is 73.9 Å². The first kappa shape index (κ1) is 21.8. The molecule has 160 valence electrons. The van der Waals surface area contributed by atoms with Gasteiger partial charge in [0, 0.05) is 6.54 Å². The summed E-state index contributed by atoms with van der Waals surface area (Å²) in [6.45, 7) is 7.17. The lowest BCUT2D eigenvalue weighted by molar-refractivity contribution is 0.406. The van der Waals surface area contributed by atoms with Crippen molar-refractivity contribution in [2.24, 2.45) is 0 Å². The first-order valence-corrected chi connectivity index (χ1v) is 10.6. The number of hydrogen-bond donors (Lipinski definition) is 1. The van der Waals surface area contributed by atoms with Gasteiger partial charge in [0.25, 0.3) is 0 Å². The first-order chi connectivity index (χ1) is 14.4. The van der Waals surface area contributed by atoms with Gasteiger partial charge >= 0.3 is 5.69 Å². The van der Waals surface area contributed by atoms with Crippen LogP contribution in [0.15, 0.2) is 47.3 Å². The minimum atomic E-state index is -0.132. The Hall–Kier alpha value is -2.95. The largest absolute Gasteiger partial charge is 0.497 e. The van der Waals surface area contributed by atoms with Crippen LogP contribution in [0.2, 0.25) is 0 Å². The number of aryl methyl sites for hydroxylation is 3. The molecule has 0 unspecified atom stereocenters. The molecule has 5 nitrogen and oxygen atoms in total. The summed E-state index contributed by atoms with van der Waals surface area (Å²) in [7, 11) is 1.66. The number of hydrogen-bond acceptors (Lipinski definition) is 3. The summed E-state index contributed by atoms with van der Waals surface area (Å²) < 4.78 is 8.45. The molecule has 3 aromatic rings. The summed E-state index contributed by atoms with van der Waals surface area (Å²) in [5.41, 5.74) is 5.32. The fraction of sp³-hybridized carbons (Fsp3) is 0.400. The Labute approximate surface area is 178 Å². The van der Waals surface area contributed by atoms with Gasteiger partial charge < -0.3 is 9.84 Å². The van der Waals surface area contributed by atoms with Crippen molar-refractivity contribution in [3.63, 3.8) is 0 Å². The molecular weight excluding hydrogens is 376 g/mol. The molecule has 1 heterocycles. The molecule has 0 saturated heterocycles. The van der Waals surface area contributed by atoms with E-state index < -0.39 is 0 Å². The highest BCUT2D eigenvalue weighted by Crippen LogP contribution is 2.21. The first-order valence-electron chi connectivity index (χ1n) is 10.6. The highest BCUT2D eigenvalue weighted by molar-refractivity contribution is 5.31.